The zero-order chi connectivity index (χ0) is 21.7. The Morgan fingerprint density at radius 1 is 1.06 bits per heavy atom. The fourth-order valence-electron chi connectivity index (χ4n) is 5.62. The Morgan fingerprint density at radius 3 is 2.84 bits per heavy atom. The Hall–Kier alpha value is -2.41. The van der Waals surface area contributed by atoms with Gasteiger partial charge in [0.1, 0.15) is 5.65 Å². The van der Waals surface area contributed by atoms with Gasteiger partial charge in [-0.2, -0.15) is 0 Å². The number of rotatable bonds is 3. The summed E-state index contributed by atoms with van der Waals surface area (Å²) in [4.78, 5) is 25.5. The third kappa shape index (κ3) is 3.60. The van der Waals surface area contributed by atoms with Crippen molar-refractivity contribution in [2.75, 3.05) is 32.7 Å². The fraction of sp³-hybridized carbons (Fsp3) is 0.440. The van der Waals surface area contributed by atoms with Gasteiger partial charge in [-0.3, -0.25) is 14.6 Å². The lowest BCUT2D eigenvalue weighted by Gasteiger charge is -2.37. The van der Waals surface area contributed by atoms with E-state index in [0.717, 1.165) is 50.5 Å². The number of hydrogen-bond acceptors (Lipinski definition) is 4. The van der Waals surface area contributed by atoms with Crippen molar-refractivity contribution in [3.05, 3.63) is 70.1 Å². The smallest absolute Gasteiger partial charge is 0.274 e. The van der Waals surface area contributed by atoms with E-state index in [9.17, 15) is 4.79 Å². The van der Waals surface area contributed by atoms with Crippen LogP contribution in [0.25, 0.3) is 5.65 Å². The minimum atomic E-state index is 0.0221. The lowest BCUT2D eigenvalue weighted by molar-refractivity contribution is 0.0722. The van der Waals surface area contributed by atoms with Crippen molar-refractivity contribution in [1.29, 1.82) is 0 Å². The van der Waals surface area contributed by atoms with Crippen molar-refractivity contribution in [1.82, 2.24) is 24.1 Å². The van der Waals surface area contributed by atoms with E-state index in [4.69, 9.17) is 16.6 Å². The van der Waals surface area contributed by atoms with Gasteiger partial charge in [-0.15, -0.1) is 0 Å². The van der Waals surface area contributed by atoms with Gasteiger partial charge in [-0.25, -0.2) is 4.98 Å². The summed E-state index contributed by atoms with van der Waals surface area (Å²) in [6, 6.07) is 12.8. The second-order valence-corrected chi connectivity index (χ2v) is 9.73. The number of carbonyl (C=O) groups is 1. The first-order chi connectivity index (χ1) is 15.7. The average molecular weight is 450 g/mol. The maximum absolute atomic E-state index is 13.7. The quantitative estimate of drug-likeness (QED) is 0.614. The van der Waals surface area contributed by atoms with Gasteiger partial charge >= 0.3 is 0 Å². The molecule has 7 heteroatoms. The number of fused-ring (bicyclic) bond motifs is 3. The van der Waals surface area contributed by atoms with E-state index in [-0.39, 0.29) is 5.91 Å². The first-order valence-corrected chi connectivity index (χ1v) is 12.0. The van der Waals surface area contributed by atoms with Crippen molar-refractivity contribution in [2.45, 2.75) is 38.4 Å². The van der Waals surface area contributed by atoms with Crippen molar-refractivity contribution in [3.63, 3.8) is 0 Å². The highest BCUT2D eigenvalue weighted by atomic mass is 35.5. The molecule has 0 radical (unpaired) electrons. The number of piperazine rings is 1. The molecule has 0 saturated carbocycles. The van der Waals surface area contributed by atoms with E-state index in [1.165, 1.54) is 30.5 Å². The molecule has 1 atom stereocenters. The third-order valence-electron chi connectivity index (χ3n) is 7.35. The molecule has 0 bridgehead atoms. The van der Waals surface area contributed by atoms with Crippen molar-refractivity contribution >= 4 is 23.2 Å². The third-order valence-corrected chi connectivity index (χ3v) is 7.57. The zero-order valence-corrected chi connectivity index (χ0v) is 19.0. The molecule has 0 N–H and O–H groups in total. The molecule has 0 spiro atoms. The molecular weight excluding hydrogens is 422 g/mol. The first kappa shape index (κ1) is 20.2. The van der Waals surface area contributed by atoms with Crippen LogP contribution in [0.15, 0.2) is 42.6 Å². The minimum absolute atomic E-state index is 0.0221. The fourth-order valence-corrected chi connectivity index (χ4v) is 5.78. The number of amides is 1. The second kappa shape index (κ2) is 8.18. The maximum Gasteiger partial charge on any atom is 0.274 e. The Bertz CT molecular complexity index is 1170. The molecule has 2 saturated heterocycles. The molecule has 3 aliphatic rings. The molecule has 1 amide bonds. The van der Waals surface area contributed by atoms with Gasteiger partial charge in [0.25, 0.3) is 5.91 Å². The highest BCUT2D eigenvalue weighted by Crippen LogP contribution is 2.26. The Labute approximate surface area is 193 Å². The van der Waals surface area contributed by atoms with E-state index in [0.29, 0.717) is 23.3 Å². The topological polar surface area (TPSA) is 44.1 Å². The van der Waals surface area contributed by atoms with Crippen LogP contribution in [-0.4, -0.2) is 68.8 Å². The monoisotopic (exact) mass is 449 g/mol. The summed E-state index contributed by atoms with van der Waals surface area (Å²) in [5.74, 6) is 0.0221. The van der Waals surface area contributed by atoms with Gasteiger partial charge in [0.05, 0.1) is 10.7 Å². The number of benzene rings is 1. The van der Waals surface area contributed by atoms with E-state index >= 15 is 0 Å². The Kier molecular flexibility index (Phi) is 5.17. The number of hydrogen-bond donors (Lipinski definition) is 0. The number of aromatic nitrogens is 2. The van der Waals surface area contributed by atoms with Gasteiger partial charge in [-0.05, 0) is 49.1 Å². The van der Waals surface area contributed by atoms with Gasteiger partial charge in [0.15, 0.2) is 5.69 Å². The van der Waals surface area contributed by atoms with E-state index in [1.807, 2.05) is 33.7 Å². The number of imidazole rings is 1. The van der Waals surface area contributed by atoms with Crippen molar-refractivity contribution in [3.8, 4) is 0 Å². The number of pyridine rings is 1. The predicted molar refractivity (Wildman–Crippen MR) is 125 cm³/mol. The molecule has 2 aromatic heterocycles. The summed E-state index contributed by atoms with van der Waals surface area (Å²) in [6.45, 7) is 6.50. The largest absolute Gasteiger partial charge is 0.333 e. The summed E-state index contributed by atoms with van der Waals surface area (Å²) >= 11 is 6.34. The van der Waals surface area contributed by atoms with E-state index < -0.39 is 0 Å². The van der Waals surface area contributed by atoms with Gasteiger partial charge < -0.3 is 9.30 Å². The predicted octanol–water partition coefficient (Wildman–Crippen LogP) is 3.47. The molecule has 0 aliphatic carbocycles. The van der Waals surface area contributed by atoms with Gasteiger partial charge in [-0.1, -0.05) is 35.9 Å². The molecule has 1 aromatic carbocycles. The van der Waals surface area contributed by atoms with Crippen LogP contribution < -0.4 is 0 Å². The van der Waals surface area contributed by atoms with E-state index in [2.05, 4.69) is 28.0 Å². The van der Waals surface area contributed by atoms with Crippen LogP contribution in [0.4, 0.5) is 0 Å². The standard InChI is InChI=1S/C25H28ClN5O/c26-20-7-8-23-27-24(25(32)30-11-9-18-4-1-2-5-19(18)14-30)22(31(23)15-20)17-28-12-13-29-10-3-6-21(29)16-28/h1-2,4-5,7-8,15,21H,3,6,9-14,16-17H2/t21-/m1/s1. The van der Waals surface area contributed by atoms with Gasteiger partial charge in [0, 0.05) is 51.5 Å². The van der Waals surface area contributed by atoms with Crippen LogP contribution in [0.1, 0.15) is 40.2 Å². The lowest BCUT2D eigenvalue weighted by Crippen LogP contribution is -2.49. The van der Waals surface area contributed by atoms with Crippen molar-refractivity contribution in [2.24, 2.45) is 0 Å². The van der Waals surface area contributed by atoms with Gasteiger partial charge in [0.2, 0.25) is 0 Å². The summed E-state index contributed by atoms with van der Waals surface area (Å²) in [7, 11) is 0. The number of nitrogens with zero attached hydrogens (tertiary/aromatic N) is 5. The molecule has 6 rings (SSSR count). The second-order valence-electron chi connectivity index (χ2n) is 9.30. The van der Waals surface area contributed by atoms with Crippen LogP contribution in [0.3, 0.4) is 0 Å². The molecule has 166 valence electrons. The molecule has 5 heterocycles. The average Bonchev–Trinajstić information content (AvgIpc) is 3.42. The molecule has 0 unspecified atom stereocenters. The number of halogens is 1. The van der Waals surface area contributed by atoms with Crippen LogP contribution in [-0.2, 0) is 19.5 Å². The van der Waals surface area contributed by atoms with Crippen LogP contribution in [0.2, 0.25) is 5.02 Å². The molecular formula is C25H28ClN5O. The zero-order valence-electron chi connectivity index (χ0n) is 18.2. The summed E-state index contributed by atoms with van der Waals surface area (Å²) in [5.41, 5.74) is 4.88. The summed E-state index contributed by atoms with van der Waals surface area (Å²) in [6.07, 6.45) is 5.35. The Morgan fingerprint density at radius 2 is 1.94 bits per heavy atom. The highest BCUT2D eigenvalue weighted by molar-refractivity contribution is 6.30. The maximum atomic E-state index is 13.7. The molecule has 32 heavy (non-hydrogen) atoms. The molecule has 3 aliphatic heterocycles. The molecule has 3 aromatic rings. The molecule has 2 fully saturated rings. The minimum Gasteiger partial charge on any atom is -0.333 e. The SMILES string of the molecule is O=C(c1nc2ccc(Cl)cn2c1CN1CCN2CCC[C@@H]2C1)N1CCc2ccccc2C1. The lowest BCUT2D eigenvalue weighted by atomic mass is 9.99. The summed E-state index contributed by atoms with van der Waals surface area (Å²) < 4.78 is 2.02. The molecule has 6 nitrogen and oxygen atoms in total. The van der Waals surface area contributed by atoms with Crippen LogP contribution >= 0.6 is 11.6 Å². The normalized spacial score (nSPS) is 21.7. The van der Waals surface area contributed by atoms with Crippen LogP contribution in [0, 0.1) is 0 Å². The van der Waals surface area contributed by atoms with Crippen LogP contribution in [0.5, 0.6) is 0 Å². The number of carbonyl (C=O) groups excluding carboxylic acids is 1. The first-order valence-electron chi connectivity index (χ1n) is 11.6. The summed E-state index contributed by atoms with van der Waals surface area (Å²) in [5, 5.41) is 0.655. The van der Waals surface area contributed by atoms with Crippen molar-refractivity contribution < 1.29 is 4.79 Å². The highest BCUT2D eigenvalue weighted by Gasteiger charge is 2.33. The van der Waals surface area contributed by atoms with E-state index in [1.54, 1.807) is 0 Å². The Balaban J connectivity index is 1.32.